The molecule has 1 aromatic carbocycles. The van der Waals surface area contributed by atoms with Crippen LogP contribution in [-0.2, 0) is 6.18 Å². The van der Waals surface area contributed by atoms with Crippen LogP contribution in [0.4, 0.5) is 23.2 Å². The van der Waals surface area contributed by atoms with Gasteiger partial charge in [0.2, 0.25) is 0 Å². The first-order chi connectivity index (χ1) is 9.79. The van der Waals surface area contributed by atoms with Crippen LogP contribution in [0.5, 0.6) is 5.75 Å². The third-order valence-corrected chi connectivity index (χ3v) is 3.38. The van der Waals surface area contributed by atoms with Crippen molar-refractivity contribution in [1.29, 1.82) is 0 Å². The van der Waals surface area contributed by atoms with Crippen molar-refractivity contribution < 1.29 is 27.2 Å². The molecule has 0 aromatic heterocycles. The summed E-state index contributed by atoms with van der Waals surface area (Å²) in [4.78, 5) is 9.65. The van der Waals surface area contributed by atoms with E-state index in [-0.39, 0.29) is 6.42 Å². The largest absolute Gasteiger partial charge is 0.487 e. The Bertz CT molecular complexity index is 533. The van der Waals surface area contributed by atoms with Crippen LogP contribution in [-0.4, -0.2) is 17.2 Å². The van der Waals surface area contributed by atoms with Gasteiger partial charge >= 0.3 is 6.18 Å². The average Bonchev–Trinajstić information content (AvgIpc) is 2.40. The predicted octanol–water partition coefficient (Wildman–Crippen LogP) is 4.27. The molecule has 1 fully saturated rings. The highest BCUT2D eigenvalue weighted by molar-refractivity contribution is 5.45. The van der Waals surface area contributed by atoms with Crippen molar-refractivity contribution >= 4 is 5.69 Å². The monoisotopic (exact) mass is 307 g/mol. The van der Waals surface area contributed by atoms with E-state index in [0.29, 0.717) is 25.3 Å². The lowest BCUT2D eigenvalue weighted by Gasteiger charge is -2.27. The molecular formula is C13H13F4NO3. The van der Waals surface area contributed by atoms with Gasteiger partial charge in [-0.1, -0.05) is 6.42 Å². The maximum absolute atomic E-state index is 13.7. The SMILES string of the molecule is O=[N+]([O-])c1ccc(O[C@H]2CCCC[C@@H]2F)c(C(F)(F)F)c1. The molecule has 0 N–H and O–H groups in total. The molecule has 1 aliphatic carbocycles. The minimum absolute atomic E-state index is 0.249. The Morgan fingerprint density at radius 2 is 1.90 bits per heavy atom. The lowest BCUT2D eigenvalue weighted by Crippen LogP contribution is -2.32. The number of non-ortho nitro benzene ring substituents is 1. The van der Waals surface area contributed by atoms with Gasteiger partial charge in [0.1, 0.15) is 23.6 Å². The van der Waals surface area contributed by atoms with Crippen molar-refractivity contribution in [3.05, 3.63) is 33.9 Å². The molecule has 0 amide bonds. The van der Waals surface area contributed by atoms with Gasteiger partial charge in [0.05, 0.1) is 4.92 Å². The smallest absolute Gasteiger partial charge is 0.420 e. The van der Waals surface area contributed by atoms with Crippen molar-refractivity contribution in [3.8, 4) is 5.75 Å². The molecule has 2 rings (SSSR count). The van der Waals surface area contributed by atoms with Crippen LogP contribution in [0.15, 0.2) is 18.2 Å². The minimum Gasteiger partial charge on any atom is -0.487 e. The first-order valence-electron chi connectivity index (χ1n) is 6.45. The number of alkyl halides is 4. The Labute approximate surface area is 117 Å². The average molecular weight is 307 g/mol. The van der Waals surface area contributed by atoms with E-state index in [1.54, 1.807) is 0 Å². The summed E-state index contributed by atoms with van der Waals surface area (Å²) in [6.07, 6.45) is -5.14. The third-order valence-electron chi connectivity index (χ3n) is 3.38. The quantitative estimate of drug-likeness (QED) is 0.476. The predicted molar refractivity (Wildman–Crippen MR) is 65.9 cm³/mol. The molecule has 2 atom stereocenters. The van der Waals surface area contributed by atoms with Crippen LogP contribution in [0.2, 0.25) is 0 Å². The first kappa shape index (κ1) is 15.5. The summed E-state index contributed by atoms with van der Waals surface area (Å²) < 4.78 is 57.6. The fraction of sp³-hybridized carbons (Fsp3) is 0.538. The molecule has 0 heterocycles. The second kappa shape index (κ2) is 5.87. The summed E-state index contributed by atoms with van der Waals surface area (Å²) in [5.41, 5.74) is -1.94. The summed E-state index contributed by atoms with van der Waals surface area (Å²) in [7, 11) is 0. The molecule has 0 saturated heterocycles. The van der Waals surface area contributed by atoms with Crippen molar-refractivity contribution in [2.24, 2.45) is 0 Å². The molecule has 1 saturated carbocycles. The van der Waals surface area contributed by atoms with E-state index in [4.69, 9.17) is 4.74 Å². The topological polar surface area (TPSA) is 52.4 Å². The molecule has 1 aromatic rings. The van der Waals surface area contributed by atoms with E-state index in [1.807, 2.05) is 0 Å². The van der Waals surface area contributed by atoms with Crippen LogP contribution in [0.25, 0.3) is 0 Å². The Morgan fingerprint density at radius 1 is 1.24 bits per heavy atom. The summed E-state index contributed by atoms with van der Waals surface area (Å²) in [5, 5.41) is 10.6. The van der Waals surface area contributed by atoms with E-state index < -0.39 is 40.4 Å². The van der Waals surface area contributed by atoms with E-state index >= 15 is 0 Å². The van der Waals surface area contributed by atoms with Gasteiger partial charge in [0.15, 0.2) is 0 Å². The molecule has 0 radical (unpaired) electrons. The Morgan fingerprint density at radius 3 is 2.48 bits per heavy atom. The van der Waals surface area contributed by atoms with Crippen molar-refractivity contribution in [3.63, 3.8) is 0 Å². The molecular weight excluding hydrogens is 294 g/mol. The minimum atomic E-state index is -4.80. The standard InChI is InChI=1S/C13H13F4NO3/c14-10-3-1-2-4-12(10)21-11-6-5-8(18(19)20)7-9(11)13(15,16)17/h5-7,10,12H,1-4H2/t10-,12-/m0/s1. The van der Waals surface area contributed by atoms with Crippen molar-refractivity contribution in [2.75, 3.05) is 0 Å². The molecule has 1 aliphatic rings. The zero-order valence-electron chi connectivity index (χ0n) is 10.9. The van der Waals surface area contributed by atoms with Gasteiger partial charge in [-0.2, -0.15) is 13.2 Å². The number of hydrogen-bond donors (Lipinski definition) is 0. The van der Waals surface area contributed by atoms with Crippen LogP contribution in [0.1, 0.15) is 31.2 Å². The number of halogens is 4. The van der Waals surface area contributed by atoms with Gasteiger partial charge in [0, 0.05) is 12.1 Å². The second-order valence-electron chi connectivity index (χ2n) is 4.89. The molecule has 8 heteroatoms. The van der Waals surface area contributed by atoms with Crippen molar-refractivity contribution in [1.82, 2.24) is 0 Å². The lowest BCUT2D eigenvalue weighted by atomic mass is 9.96. The van der Waals surface area contributed by atoms with Gasteiger partial charge in [0.25, 0.3) is 5.69 Å². The third kappa shape index (κ3) is 3.62. The number of nitro benzene ring substituents is 1. The molecule has 0 unspecified atom stereocenters. The fourth-order valence-corrected chi connectivity index (χ4v) is 2.30. The van der Waals surface area contributed by atoms with Gasteiger partial charge in [-0.15, -0.1) is 0 Å². The maximum Gasteiger partial charge on any atom is 0.420 e. The second-order valence-corrected chi connectivity index (χ2v) is 4.89. The number of nitrogens with zero attached hydrogens (tertiary/aromatic N) is 1. The highest BCUT2D eigenvalue weighted by atomic mass is 19.4. The highest BCUT2D eigenvalue weighted by Gasteiger charge is 2.37. The molecule has 0 aliphatic heterocycles. The van der Waals surface area contributed by atoms with E-state index in [2.05, 4.69) is 0 Å². The van der Waals surface area contributed by atoms with Crippen LogP contribution >= 0.6 is 0 Å². The fourth-order valence-electron chi connectivity index (χ4n) is 2.30. The summed E-state index contributed by atoms with van der Waals surface area (Å²) in [6.45, 7) is 0. The number of rotatable bonds is 3. The number of benzene rings is 1. The van der Waals surface area contributed by atoms with E-state index in [1.165, 1.54) is 0 Å². The number of hydrogen-bond acceptors (Lipinski definition) is 3. The number of nitro groups is 1. The summed E-state index contributed by atoms with van der Waals surface area (Å²) in [6, 6.07) is 2.20. The molecule has 0 bridgehead atoms. The molecule has 21 heavy (non-hydrogen) atoms. The normalized spacial score (nSPS) is 22.9. The van der Waals surface area contributed by atoms with Gasteiger partial charge < -0.3 is 4.74 Å². The highest BCUT2D eigenvalue weighted by Crippen LogP contribution is 2.39. The first-order valence-corrected chi connectivity index (χ1v) is 6.45. The van der Waals surface area contributed by atoms with Crippen LogP contribution in [0.3, 0.4) is 0 Å². The Kier molecular flexibility index (Phi) is 4.34. The molecule has 116 valence electrons. The summed E-state index contributed by atoms with van der Waals surface area (Å²) in [5.74, 6) is -0.567. The van der Waals surface area contributed by atoms with Gasteiger partial charge in [-0.25, -0.2) is 4.39 Å². The lowest BCUT2D eigenvalue weighted by molar-refractivity contribution is -0.385. The Balaban J connectivity index is 2.31. The zero-order valence-corrected chi connectivity index (χ0v) is 10.9. The number of ether oxygens (including phenoxy) is 1. The molecule has 4 nitrogen and oxygen atoms in total. The zero-order chi connectivity index (χ0) is 15.6. The van der Waals surface area contributed by atoms with E-state index in [0.717, 1.165) is 12.1 Å². The van der Waals surface area contributed by atoms with Crippen LogP contribution < -0.4 is 4.74 Å². The van der Waals surface area contributed by atoms with Gasteiger partial charge in [-0.05, 0) is 25.3 Å². The Hall–Kier alpha value is -1.86. The van der Waals surface area contributed by atoms with Gasteiger partial charge in [-0.3, -0.25) is 10.1 Å². The van der Waals surface area contributed by atoms with E-state index in [9.17, 15) is 27.7 Å². The molecule has 0 spiro atoms. The maximum atomic E-state index is 13.7. The van der Waals surface area contributed by atoms with Crippen molar-refractivity contribution in [2.45, 2.75) is 44.1 Å². The summed E-state index contributed by atoms with van der Waals surface area (Å²) >= 11 is 0. The van der Waals surface area contributed by atoms with Crippen LogP contribution in [0, 0.1) is 10.1 Å².